The Hall–Kier alpha value is -1.60. The molecular formula is C14H19N3O3S. The first kappa shape index (κ1) is 15.8. The van der Waals surface area contributed by atoms with E-state index in [0.29, 0.717) is 11.8 Å². The first-order valence-corrected chi connectivity index (χ1v) is 7.70. The van der Waals surface area contributed by atoms with Gasteiger partial charge in [0.05, 0.1) is 5.75 Å². The predicted octanol–water partition coefficient (Wildman–Crippen LogP) is 2.51. The summed E-state index contributed by atoms with van der Waals surface area (Å²) in [6.45, 7) is 4.68. The molecule has 2 aromatic rings. The van der Waals surface area contributed by atoms with Crippen LogP contribution in [0.4, 0.5) is 0 Å². The fraction of sp³-hybridized carbons (Fsp3) is 0.500. The van der Waals surface area contributed by atoms with E-state index in [-0.39, 0.29) is 11.8 Å². The number of hydrogen-bond acceptors (Lipinski definition) is 5. The van der Waals surface area contributed by atoms with Gasteiger partial charge in [0.15, 0.2) is 10.8 Å². The van der Waals surface area contributed by atoms with Gasteiger partial charge in [0, 0.05) is 26.0 Å². The molecule has 0 spiro atoms. The molecule has 21 heavy (non-hydrogen) atoms. The van der Waals surface area contributed by atoms with E-state index in [2.05, 4.69) is 16.9 Å². The standard InChI is InChI=1S/C14H19N3O3S/c1-9-4-6-15-13-12(9)16-14(21-8-11(18)19)17(13)10(2)5-7-20-3/h4,6,10H,5,7-8H2,1-3H3,(H,18,19). The summed E-state index contributed by atoms with van der Waals surface area (Å²) in [6, 6.07) is 2.05. The largest absolute Gasteiger partial charge is 0.481 e. The second-order valence-electron chi connectivity index (χ2n) is 4.88. The molecule has 6 nitrogen and oxygen atoms in total. The van der Waals surface area contributed by atoms with Crippen LogP contribution in [-0.4, -0.2) is 45.1 Å². The molecule has 0 bridgehead atoms. The van der Waals surface area contributed by atoms with E-state index >= 15 is 0 Å². The average molecular weight is 309 g/mol. The zero-order chi connectivity index (χ0) is 15.4. The minimum absolute atomic E-state index is 0.0145. The number of carboxylic acids is 1. The molecule has 114 valence electrons. The van der Waals surface area contributed by atoms with Crippen LogP contribution >= 0.6 is 11.8 Å². The van der Waals surface area contributed by atoms with Gasteiger partial charge in [0.25, 0.3) is 0 Å². The Kier molecular flexibility index (Phi) is 5.19. The second-order valence-corrected chi connectivity index (χ2v) is 5.82. The number of methoxy groups -OCH3 is 1. The summed E-state index contributed by atoms with van der Waals surface area (Å²) < 4.78 is 7.14. The third-order valence-corrected chi connectivity index (χ3v) is 4.19. The quantitative estimate of drug-likeness (QED) is 0.792. The number of aliphatic carboxylic acids is 1. The lowest BCUT2D eigenvalue weighted by molar-refractivity contribution is -0.133. The molecule has 0 radical (unpaired) electrons. The normalized spacial score (nSPS) is 12.7. The lowest BCUT2D eigenvalue weighted by Crippen LogP contribution is -2.10. The van der Waals surface area contributed by atoms with Crippen molar-refractivity contribution in [3.05, 3.63) is 17.8 Å². The van der Waals surface area contributed by atoms with Crippen LogP contribution in [0, 0.1) is 6.92 Å². The fourth-order valence-electron chi connectivity index (χ4n) is 2.13. The number of imidazole rings is 1. The summed E-state index contributed by atoms with van der Waals surface area (Å²) in [5.41, 5.74) is 2.66. The van der Waals surface area contributed by atoms with Crippen molar-refractivity contribution in [3.8, 4) is 0 Å². The van der Waals surface area contributed by atoms with Crippen molar-refractivity contribution >= 4 is 28.9 Å². The van der Waals surface area contributed by atoms with Crippen molar-refractivity contribution < 1.29 is 14.6 Å². The van der Waals surface area contributed by atoms with Crippen LogP contribution in [0.5, 0.6) is 0 Å². The molecule has 0 fully saturated rings. The number of aryl methyl sites for hydroxylation is 1. The summed E-state index contributed by atoms with van der Waals surface area (Å²) in [6.07, 6.45) is 2.57. The Balaban J connectivity index is 2.44. The van der Waals surface area contributed by atoms with Crippen LogP contribution in [0.25, 0.3) is 11.2 Å². The van der Waals surface area contributed by atoms with Crippen LogP contribution < -0.4 is 0 Å². The SMILES string of the molecule is COCCC(C)n1c(SCC(=O)O)nc2c(C)ccnc21. The molecule has 7 heteroatoms. The Labute approximate surface area is 127 Å². The zero-order valence-corrected chi connectivity index (χ0v) is 13.2. The topological polar surface area (TPSA) is 77.2 Å². The van der Waals surface area contributed by atoms with Crippen molar-refractivity contribution in [1.82, 2.24) is 14.5 Å². The highest BCUT2D eigenvalue weighted by molar-refractivity contribution is 7.99. The van der Waals surface area contributed by atoms with Crippen LogP contribution in [0.1, 0.15) is 24.9 Å². The Morgan fingerprint density at radius 2 is 2.33 bits per heavy atom. The minimum Gasteiger partial charge on any atom is -0.481 e. The van der Waals surface area contributed by atoms with E-state index < -0.39 is 5.97 Å². The van der Waals surface area contributed by atoms with E-state index in [1.54, 1.807) is 13.3 Å². The van der Waals surface area contributed by atoms with Gasteiger partial charge in [-0.2, -0.15) is 0 Å². The number of fused-ring (bicyclic) bond motifs is 1. The van der Waals surface area contributed by atoms with Gasteiger partial charge in [-0.25, -0.2) is 9.97 Å². The first-order chi connectivity index (χ1) is 10.0. The van der Waals surface area contributed by atoms with Gasteiger partial charge in [-0.3, -0.25) is 4.79 Å². The maximum atomic E-state index is 10.8. The number of ether oxygens (including phenoxy) is 1. The molecule has 0 saturated heterocycles. The Bertz CT molecular complexity index is 642. The molecule has 0 amide bonds. The highest BCUT2D eigenvalue weighted by atomic mass is 32.2. The number of nitrogens with zero attached hydrogens (tertiary/aromatic N) is 3. The summed E-state index contributed by atoms with van der Waals surface area (Å²) >= 11 is 1.22. The van der Waals surface area contributed by atoms with Crippen molar-refractivity contribution in [2.45, 2.75) is 31.5 Å². The zero-order valence-electron chi connectivity index (χ0n) is 12.4. The number of aromatic nitrogens is 3. The second kappa shape index (κ2) is 6.91. The number of carbonyl (C=O) groups is 1. The van der Waals surface area contributed by atoms with Crippen molar-refractivity contribution in [2.24, 2.45) is 0 Å². The number of hydrogen-bond donors (Lipinski definition) is 1. The van der Waals surface area contributed by atoms with Crippen molar-refractivity contribution in [3.63, 3.8) is 0 Å². The lowest BCUT2D eigenvalue weighted by Gasteiger charge is -2.16. The van der Waals surface area contributed by atoms with E-state index in [1.165, 1.54) is 11.8 Å². The molecule has 2 aromatic heterocycles. The van der Waals surface area contributed by atoms with Crippen molar-refractivity contribution in [1.29, 1.82) is 0 Å². The molecule has 2 rings (SSSR count). The highest BCUT2D eigenvalue weighted by Crippen LogP contribution is 2.29. The van der Waals surface area contributed by atoms with Gasteiger partial charge in [0.1, 0.15) is 5.52 Å². The Morgan fingerprint density at radius 1 is 1.57 bits per heavy atom. The number of pyridine rings is 1. The molecule has 0 aliphatic rings. The fourth-order valence-corrected chi connectivity index (χ4v) is 2.95. The molecule has 0 saturated carbocycles. The van der Waals surface area contributed by atoms with Gasteiger partial charge in [-0.05, 0) is 31.9 Å². The summed E-state index contributed by atoms with van der Waals surface area (Å²) in [5, 5.41) is 9.57. The minimum atomic E-state index is -0.854. The van der Waals surface area contributed by atoms with Crippen molar-refractivity contribution in [2.75, 3.05) is 19.5 Å². The van der Waals surface area contributed by atoms with E-state index in [1.807, 2.05) is 17.6 Å². The number of carboxylic acid groups (broad SMARTS) is 1. The van der Waals surface area contributed by atoms with Gasteiger partial charge < -0.3 is 14.4 Å². The molecule has 0 aliphatic heterocycles. The monoisotopic (exact) mass is 309 g/mol. The van der Waals surface area contributed by atoms with Gasteiger partial charge >= 0.3 is 5.97 Å². The molecular weight excluding hydrogens is 290 g/mol. The molecule has 1 atom stereocenters. The summed E-state index contributed by atoms with van der Waals surface area (Å²) in [5.74, 6) is -0.868. The van der Waals surface area contributed by atoms with Crippen LogP contribution in [0.3, 0.4) is 0 Å². The maximum Gasteiger partial charge on any atom is 0.313 e. The first-order valence-electron chi connectivity index (χ1n) is 6.71. The predicted molar refractivity (Wildman–Crippen MR) is 81.8 cm³/mol. The third-order valence-electron chi connectivity index (χ3n) is 3.25. The average Bonchev–Trinajstić information content (AvgIpc) is 2.82. The van der Waals surface area contributed by atoms with E-state index in [9.17, 15) is 4.79 Å². The lowest BCUT2D eigenvalue weighted by atomic mass is 10.2. The number of thioether (sulfide) groups is 1. The smallest absolute Gasteiger partial charge is 0.313 e. The summed E-state index contributed by atoms with van der Waals surface area (Å²) in [7, 11) is 1.67. The Morgan fingerprint density at radius 3 is 3.00 bits per heavy atom. The molecule has 2 heterocycles. The van der Waals surface area contributed by atoms with Crippen LogP contribution in [-0.2, 0) is 9.53 Å². The summed E-state index contributed by atoms with van der Waals surface area (Å²) in [4.78, 5) is 19.8. The highest BCUT2D eigenvalue weighted by Gasteiger charge is 2.19. The third kappa shape index (κ3) is 3.54. The van der Waals surface area contributed by atoms with E-state index in [0.717, 1.165) is 23.1 Å². The molecule has 1 unspecified atom stereocenters. The van der Waals surface area contributed by atoms with Crippen LogP contribution in [0.2, 0.25) is 0 Å². The van der Waals surface area contributed by atoms with Gasteiger partial charge in [0.2, 0.25) is 0 Å². The molecule has 0 aliphatic carbocycles. The maximum absolute atomic E-state index is 10.8. The number of rotatable bonds is 7. The van der Waals surface area contributed by atoms with E-state index in [4.69, 9.17) is 9.84 Å². The van der Waals surface area contributed by atoms with Gasteiger partial charge in [-0.15, -0.1) is 0 Å². The van der Waals surface area contributed by atoms with Gasteiger partial charge in [-0.1, -0.05) is 11.8 Å². The molecule has 0 aromatic carbocycles. The molecule has 1 N–H and O–H groups in total. The van der Waals surface area contributed by atoms with Crippen LogP contribution in [0.15, 0.2) is 17.4 Å².